The number of rotatable bonds is 15. The molecule has 0 radical (unpaired) electrons. The van der Waals surface area contributed by atoms with E-state index in [1.807, 2.05) is 76.2 Å². The lowest BCUT2D eigenvalue weighted by molar-refractivity contribution is -0.142. The molecular formula is C35H53N3O4. The van der Waals surface area contributed by atoms with Gasteiger partial charge in [-0.2, -0.15) is 0 Å². The summed E-state index contributed by atoms with van der Waals surface area (Å²) in [6, 6.07) is 13.7. The molecule has 2 rings (SSSR count). The molecule has 2 aromatic rings. The monoisotopic (exact) mass is 579 g/mol. The van der Waals surface area contributed by atoms with Gasteiger partial charge < -0.3 is 20.3 Å². The topological polar surface area (TPSA) is 87.7 Å². The Labute approximate surface area is 253 Å². The van der Waals surface area contributed by atoms with Gasteiger partial charge in [-0.25, -0.2) is 4.79 Å². The minimum Gasteiger partial charge on any atom is -0.444 e. The molecule has 0 aliphatic carbocycles. The number of hydrogen-bond acceptors (Lipinski definition) is 4. The van der Waals surface area contributed by atoms with Crippen LogP contribution in [0.2, 0.25) is 0 Å². The van der Waals surface area contributed by atoms with Gasteiger partial charge in [-0.15, -0.1) is 0 Å². The molecule has 2 N–H and O–H groups in total. The molecule has 0 saturated carbocycles. The van der Waals surface area contributed by atoms with E-state index in [-0.39, 0.29) is 24.3 Å². The van der Waals surface area contributed by atoms with Gasteiger partial charge in [0, 0.05) is 19.0 Å². The molecule has 0 heterocycles. The fraction of sp³-hybridized carbons (Fsp3) is 0.571. The first-order chi connectivity index (χ1) is 19.8. The van der Waals surface area contributed by atoms with Gasteiger partial charge >= 0.3 is 6.09 Å². The summed E-state index contributed by atoms with van der Waals surface area (Å²) in [6.45, 7) is 15.7. The highest BCUT2D eigenvalue weighted by Gasteiger charge is 2.37. The predicted octanol–water partition coefficient (Wildman–Crippen LogP) is 7.19. The van der Waals surface area contributed by atoms with Gasteiger partial charge in [0.1, 0.15) is 17.7 Å². The maximum absolute atomic E-state index is 14.6. The fourth-order valence-corrected chi connectivity index (χ4v) is 5.00. The van der Waals surface area contributed by atoms with Gasteiger partial charge in [0.15, 0.2) is 0 Å². The number of carbonyl (C=O) groups excluding carboxylic acids is 3. The second-order valence-electron chi connectivity index (χ2n) is 12.6. The summed E-state index contributed by atoms with van der Waals surface area (Å²) in [5.74, 6) is -0.531. The van der Waals surface area contributed by atoms with E-state index in [4.69, 9.17) is 4.74 Å². The van der Waals surface area contributed by atoms with Crippen molar-refractivity contribution < 1.29 is 19.1 Å². The number of hydrogen-bond donors (Lipinski definition) is 2. The zero-order valence-corrected chi connectivity index (χ0v) is 27.1. The molecular weight excluding hydrogens is 526 g/mol. The minimum absolute atomic E-state index is 0.101. The number of nitrogens with zero attached hydrogens (tertiary/aromatic N) is 1. The number of ether oxygens (including phenoxy) is 1. The second kappa shape index (κ2) is 16.9. The Bertz CT molecular complexity index is 1140. The average molecular weight is 580 g/mol. The number of amides is 3. The number of nitrogens with one attached hydrogen (secondary N) is 2. The van der Waals surface area contributed by atoms with Crippen molar-refractivity contribution in [1.29, 1.82) is 0 Å². The maximum atomic E-state index is 14.6. The molecule has 0 aliphatic rings. The Kier molecular flexibility index (Phi) is 14.1. The van der Waals surface area contributed by atoms with Crippen LogP contribution in [0.5, 0.6) is 0 Å². The largest absolute Gasteiger partial charge is 0.444 e. The normalized spacial score (nSPS) is 12.9. The van der Waals surface area contributed by atoms with Crippen LogP contribution in [-0.2, 0) is 20.7 Å². The third-order valence-electron chi connectivity index (χ3n) is 7.03. The molecule has 232 valence electrons. The fourth-order valence-electron chi connectivity index (χ4n) is 5.00. The van der Waals surface area contributed by atoms with Gasteiger partial charge in [0.25, 0.3) is 0 Å². The van der Waals surface area contributed by atoms with Gasteiger partial charge in [0.2, 0.25) is 11.8 Å². The first kappa shape index (κ1) is 34.8. The lowest BCUT2D eigenvalue weighted by atomic mass is 9.95. The third-order valence-corrected chi connectivity index (χ3v) is 7.03. The van der Waals surface area contributed by atoms with Gasteiger partial charge in [-0.05, 0) is 71.6 Å². The van der Waals surface area contributed by atoms with E-state index in [1.54, 1.807) is 25.7 Å². The molecule has 2 unspecified atom stereocenters. The highest BCUT2D eigenvalue weighted by molar-refractivity contribution is 5.92. The van der Waals surface area contributed by atoms with Crippen LogP contribution in [0.4, 0.5) is 4.79 Å². The van der Waals surface area contributed by atoms with Crippen LogP contribution < -0.4 is 10.6 Å². The molecule has 0 aliphatic heterocycles. The van der Waals surface area contributed by atoms with E-state index in [0.29, 0.717) is 6.54 Å². The van der Waals surface area contributed by atoms with Crippen molar-refractivity contribution in [2.75, 3.05) is 6.54 Å². The van der Waals surface area contributed by atoms with Crippen molar-refractivity contribution >= 4 is 17.9 Å². The van der Waals surface area contributed by atoms with Crippen LogP contribution in [-0.4, -0.2) is 47.0 Å². The Balaban J connectivity index is 2.56. The van der Waals surface area contributed by atoms with E-state index in [1.165, 1.54) is 6.42 Å². The van der Waals surface area contributed by atoms with Crippen LogP contribution >= 0.6 is 0 Å². The van der Waals surface area contributed by atoms with Crippen molar-refractivity contribution in [3.05, 3.63) is 70.8 Å². The highest BCUT2D eigenvalue weighted by atomic mass is 16.6. The van der Waals surface area contributed by atoms with Crippen LogP contribution in [0.25, 0.3) is 0 Å². The molecule has 2 aromatic carbocycles. The van der Waals surface area contributed by atoms with E-state index < -0.39 is 23.8 Å². The highest BCUT2D eigenvalue weighted by Crippen LogP contribution is 2.28. The second-order valence-corrected chi connectivity index (χ2v) is 12.6. The van der Waals surface area contributed by atoms with Gasteiger partial charge in [-0.3, -0.25) is 9.59 Å². The molecule has 0 fully saturated rings. The lowest BCUT2D eigenvalue weighted by Crippen LogP contribution is -2.54. The lowest BCUT2D eigenvalue weighted by Gasteiger charge is -2.35. The van der Waals surface area contributed by atoms with Crippen molar-refractivity contribution in [1.82, 2.24) is 15.5 Å². The van der Waals surface area contributed by atoms with Crippen LogP contribution in [0.15, 0.2) is 48.5 Å². The number of alkyl carbamates (subject to hydrolysis) is 1. The molecule has 7 heteroatoms. The summed E-state index contributed by atoms with van der Waals surface area (Å²) in [5, 5.41) is 5.91. The quantitative estimate of drug-likeness (QED) is 0.219. The van der Waals surface area contributed by atoms with Crippen molar-refractivity contribution in [2.45, 2.75) is 124 Å². The average Bonchev–Trinajstić information content (AvgIpc) is 2.90. The minimum atomic E-state index is -0.915. The maximum Gasteiger partial charge on any atom is 0.408 e. The summed E-state index contributed by atoms with van der Waals surface area (Å²) < 4.78 is 5.55. The number of aryl methyl sites for hydroxylation is 2. The van der Waals surface area contributed by atoms with E-state index in [9.17, 15) is 14.4 Å². The molecule has 0 bridgehead atoms. The van der Waals surface area contributed by atoms with Gasteiger partial charge in [0.05, 0.1) is 0 Å². The van der Waals surface area contributed by atoms with Crippen LogP contribution in [0.1, 0.15) is 108 Å². The standard InChI is InChI=1S/C35H53N3O4/c1-9-10-11-12-13-17-22-38(31(32(39)36-25(2)3)29-23-26(4)20-21-27(29)5)33(40)30(24-28-18-15-14-16-19-28)37-34(41)42-35(6,7)8/h14-16,18-21,23,25,30-31H,9-13,17,22,24H2,1-8H3,(H,36,39)(H,37,41). The summed E-state index contributed by atoms with van der Waals surface area (Å²) >= 11 is 0. The Morgan fingerprint density at radius 3 is 2.14 bits per heavy atom. The van der Waals surface area contributed by atoms with Crippen molar-refractivity contribution in [2.24, 2.45) is 0 Å². The smallest absolute Gasteiger partial charge is 0.408 e. The van der Waals surface area contributed by atoms with Gasteiger partial charge in [-0.1, -0.05) is 93.1 Å². The number of benzene rings is 2. The molecule has 0 aromatic heterocycles. The first-order valence-corrected chi connectivity index (χ1v) is 15.5. The Hall–Kier alpha value is -3.35. The summed E-state index contributed by atoms with van der Waals surface area (Å²) in [6.07, 6.45) is 5.90. The van der Waals surface area contributed by atoms with E-state index in [2.05, 4.69) is 17.6 Å². The van der Waals surface area contributed by atoms with E-state index >= 15 is 0 Å². The zero-order chi connectivity index (χ0) is 31.3. The van der Waals surface area contributed by atoms with E-state index in [0.717, 1.165) is 54.4 Å². The van der Waals surface area contributed by atoms with Crippen molar-refractivity contribution in [3.63, 3.8) is 0 Å². The Morgan fingerprint density at radius 2 is 1.52 bits per heavy atom. The number of unbranched alkanes of at least 4 members (excludes halogenated alkanes) is 5. The third kappa shape index (κ3) is 11.9. The molecule has 2 atom stereocenters. The predicted molar refractivity (Wildman–Crippen MR) is 170 cm³/mol. The van der Waals surface area contributed by atoms with Crippen LogP contribution in [0.3, 0.4) is 0 Å². The first-order valence-electron chi connectivity index (χ1n) is 15.5. The Morgan fingerprint density at radius 1 is 0.881 bits per heavy atom. The SMILES string of the molecule is CCCCCCCCN(C(=O)C(Cc1ccccc1)NC(=O)OC(C)(C)C)C(C(=O)NC(C)C)c1cc(C)ccc1C. The van der Waals surface area contributed by atoms with Crippen LogP contribution in [0, 0.1) is 13.8 Å². The molecule has 42 heavy (non-hydrogen) atoms. The van der Waals surface area contributed by atoms with Crippen molar-refractivity contribution in [3.8, 4) is 0 Å². The molecule has 7 nitrogen and oxygen atoms in total. The number of carbonyl (C=O) groups is 3. The summed E-state index contributed by atoms with van der Waals surface area (Å²) in [5.41, 5.74) is 2.92. The molecule has 0 spiro atoms. The molecule has 3 amide bonds. The summed E-state index contributed by atoms with van der Waals surface area (Å²) in [4.78, 5) is 43.2. The molecule has 0 saturated heterocycles. The zero-order valence-electron chi connectivity index (χ0n) is 27.1. The summed E-state index contributed by atoms with van der Waals surface area (Å²) in [7, 11) is 0.